The number of hydrogen-bond acceptors (Lipinski definition) is 4. The molecule has 1 aliphatic heterocycles. The van der Waals surface area contributed by atoms with Gasteiger partial charge in [-0.05, 0) is 46.5 Å². The highest BCUT2D eigenvalue weighted by Gasteiger charge is 2.29. The van der Waals surface area contributed by atoms with Crippen LogP contribution >= 0.6 is 8.38 Å². The molecule has 0 radical (unpaired) electrons. The van der Waals surface area contributed by atoms with Crippen LogP contribution in [0.3, 0.4) is 0 Å². The van der Waals surface area contributed by atoms with Gasteiger partial charge in [-0.25, -0.2) is 4.79 Å². The summed E-state index contributed by atoms with van der Waals surface area (Å²) < 4.78 is 10.8. The number of likely N-dealkylation sites (tertiary alicyclic amines) is 1. The van der Waals surface area contributed by atoms with Gasteiger partial charge >= 0.3 is 6.09 Å². The molecule has 2 unspecified atom stereocenters. The minimum Gasteiger partial charge on any atom is -0.444 e. The Morgan fingerprint density at radius 2 is 1.89 bits per heavy atom. The van der Waals surface area contributed by atoms with Crippen molar-refractivity contribution >= 4 is 14.5 Å². The molecule has 1 rings (SSSR count). The van der Waals surface area contributed by atoms with E-state index in [9.17, 15) is 9.69 Å². The summed E-state index contributed by atoms with van der Waals surface area (Å²) in [6, 6.07) is 0. The first-order valence-electron chi connectivity index (χ1n) is 6.76. The fourth-order valence-electron chi connectivity index (χ4n) is 2.20. The summed E-state index contributed by atoms with van der Waals surface area (Å²) in [5, 5.41) is 0. The van der Waals surface area contributed by atoms with E-state index in [1.165, 1.54) is 0 Å². The van der Waals surface area contributed by atoms with E-state index >= 15 is 0 Å². The summed E-state index contributed by atoms with van der Waals surface area (Å²) in [5.41, 5.74) is -0.445. The van der Waals surface area contributed by atoms with Gasteiger partial charge in [-0.1, -0.05) is 0 Å². The molecule has 2 atom stereocenters. The van der Waals surface area contributed by atoms with E-state index in [2.05, 4.69) is 0 Å². The molecule has 0 aromatic heterocycles. The van der Waals surface area contributed by atoms with Crippen molar-refractivity contribution in [1.82, 2.24) is 4.90 Å². The highest BCUT2D eigenvalue weighted by Crippen LogP contribution is 2.33. The molecule has 1 amide bonds. The standard InChI is InChI=1S/C13H26NO4P/c1-10(18-19(5)16)11-6-8-14(9-7-11)12(15)17-13(2,3)4/h10-11,16H,6-9H2,1-5H3. The summed E-state index contributed by atoms with van der Waals surface area (Å²) in [5.74, 6) is 0.399. The van der Waals surface area contributed by atoms with Gasteiger partial charge in [-0.2, -0.15) is 0 Å². The van der Waals surface area contributed by atoms with Crippen molar-refractivity contribution in [1.29, 1.82) is 0 Å². The van der Waals surface area contributed by atoms with E-state index in [0.717, 1.165) is 12.8 Å². The summed E-state index contributed by atoms with van der Waals surface area (Å²) in [6.07, 6.45) is 1.59. The fourth-order valence-corrected chi connectivity index (χ4v) is 2.86. The summed E-state index contributed by atoms with van der Waals surface area (Å²) in [4.78, 5) is 22.9. The van der Waals surface area contributed by atoms with Crippen molar-refractivity contribution in [3.63, 3.8) is 0 Å². The lowest BCUT2D eigenvalue weighted by Crippen LogP contribution is -2.43. The van der Waals surface area contributed by atoms with Gasteiger partial charge in [0.25, 0.3) is 0 Å². The van der Waals surface area contributed by atoms with Gasteiger partial charge in [0.05, 0.1) is 6.10 Å². The first-order valence-corrected chi connectivity index (χ1v) is 8.42. The van der Waals surface area contributed by atoms with E-state index in [1.54, 1.807) is 11.6 Å². The zero-order valence-corrected chi connectivity index (χ0v) is 13.4. The van der Waals surface area contributed by atoms with Crippen molar-refractivity contribution in [2.45, 2.75) is 52.2 Å². The number of rotatable bonds is 3. The topological polar surface area (TPSA) is 59.0 Å². The van der Waals surface area contributed by atoms with Gasteiger partial charge in [-0.15, -0.1) is 0 Å². The number of amides is 1. The second kappa shape index (κ2) is 6.87. The lowest BCUT2D eigenvalue weighted by atomic mass is 9.92. The predicted molar refractivity (Wildman–Crippen MR) is 76.1 cm³/mol. The Bertz CT molecular complexity index is 296. The SMILES string of the molecule is CC(OP(C)O)C1CCN(C(=O)OC(C)(C)C)CC1. The zero-order valence-electron chi connectivity index (χ0n) is 12.5. The summed E-state index contributed by atoms with van der Waals surface area (Å²) >= 11 is 0. The Labute approximate surface area is 117 Å². The van der Waals surface area contributed by atoms with Crippen LogP contribution in [0.4, 0.5) is 4.79 Å². The first-order chi connectivity index (χ1) is 8.69. The summed E-state index contributed by atoms with van der Waals surface area (Å²) in [7, 11) is -1.31. The van der Waals surface area contributed by atoms with Crippen LogP contribution in [-0.2, 0) is 9.26 Å². The summed E-state index contributed by atoms with van der Waals surface area (Å²) in [6.45, 7) is 10.7. The Kier molecular flexibility index (Phi) is 6.03. The minimum atomic E-state index is -1.31. The smallest absolute Gasteiger partial charge is 0.410 e. The van der Waals surface area contributed by atoms with Crippen LogP contribution in [0.2, 0.25) is 0 Å². The van der Waals surface area contributed by atoms with Crippen molar-refractivity contribution in [3.8, 4) is 0 Å². The minimum absolute atomic E-state index is 0.0434. The van der Waals surface area contributed by atoms with Gasteiger partial charge in [0.1, 0.15) is 5.60 Å². The highest BCUT2D eigenvalue weighted by atomic mass is 31.2. The zero-order chi connectivity index (χ0) is 14.6. The number of piperidine rings is 1. The van der Waals surface area contributed by atoms with E-state index < -0.39 is 14.0 Å². The quantitative estimate of drug-likeness (QED) is 0.812. The van der Waals surface area contributed by atoms with Crippen molar-refractivity contribution in [2.75, 3.05) is 19.8 Å². The van der Waals surface area contributed by atoms with Gasteiger partial charge in [0.2, 0.25) is 0 Å². The van der Waals surface area contributed by atoms with E-state index in [-0.39, 0.29) is 12.2 Å². The molecular formula is C13H26NO4P. The molecule has 112 valence electrons. The number of nitrogens with zero attached hydrogens (tertiary/aromatic N) is 1. The molecule has 1 fully saturated rings. The van der Waals surface area contributed by atoms with Gasteiger partial charge in [0.15, 0.2) is 8.38 Å². The fraction of sp³-hybridized carbons (Fsp3) is 0.923. The Morgan fingerprint density at radius 3 is 2.32 bits per heavy atom. The molecular weight excluding hydrogens is 265 g/mol. The van der Waals surface area contributed by atoms with E-state index in [4.69, 9.17) is 9.26 Å². The molecule has 1 heterocycles. The predicted octanol–water partition coefficient (Wildman–Crippen LogP) is 2.97. The average Bonchev–Trinajstić information content (AvgIpc) is 2.26. The maximum absolute atomic E-state index is 11.9. The normalized spacial score (nSPS) is 21.1. The highest BCUT2D eigenvalue weighted by molar-refractivity contribution is 7.45. The van der Waals surface area contributed by atoms with Crippen LogP contribution in [-0.4, -0.2) is 47.3 Å². The molecule has 19 heavy (non-hydrogen) atoms. The van der Waals surface area contributed by atoms with Crippen LogP contribution in [0.15, 0.2) is 0 Å². The Hall–Kier alpha value is -0.380. The number of ether oxygens (including phenoxy) is 1. The lowest BCUT2D eigenvalue weighted by molar-refractivity contribution is 0.0122. The maximum atomic E-state index is 11.9. The molecule has 1 N–H and O–H groups in total. The number of carbonyl (C=O) groups is 1. The maximum Gasteiger partial charge on any atom is 0.410 e. The van der Waals surface area contributed by atoms with E-state index in [0.29, 0.717) is 19.0 Å². The Morgan fingerprint density at radius 1 is 1.37 bits per heavy atom. The molecule has 0 bridgehead atoms. The van der Waals surface area contributed by atoms with Crippen LogP contribution in [0.25, 0.3) is 0 Å². The third-order valence-corrected chi connectivity index (χ3v) is 3.81. The molecule has 6 heteroatoms. The molecule has 0 aromatic carbocycles. The average molecular weight is 291 g/mol. The molecule has 1 aliphatic rings. The monoisotopic (exact) mass is 291 g/mol. The van der Waals surface area contributed by atoms with Crippen LogP contribution in [0.1, 0.15) is 40.5 Å². The second-order valence-corrected chi connectivity index (χ2v) is 7.22. The largest absolute Gasteiger partial charge is 0.444 e. The first kappa shape index (κ1) is 16.7. The van der Waals surface area contributed by atoms with Crippen LogP contribution in [0, 0.1) is 5.92 Å². The van der Waals surface area contributed by atoms with Gasteiger partial charge in [-0.3, -0.25) is 0 Å². The molecule has 0 aromatic rings. The third-order valence-electron chi connectivity index (χ3n) is 3.17. The van der Waals surface area contributed by atoms with Gasteiger partial charge in [0, 0.05) is 19.8 Å². The Balaban J connectivity index is 2.38. The molecule has 0 spiro atoms. The van der Waals surface area contributed by atoms with E-state index in [1.807, 2.05) is 27.7 Å². The van der Waals surface area contributed by atoms with Crippen molar-refractivity contribution < 1.29 is 18.9 Å². The van der Waals surface area contributed by atoms with Crippen molar-refractivity contribution in [3.05, 3.63) is 0 Å². The lowest BCUT2D eigenvalue weighted by Gasteiger charge is -2.35. The molecule has 1 saturated heterocycles. The number of hydrogen-bond donors (Lipinski definition) is 1. The molecule has 0 saturated carbocycles. The van der Waals surface area contributed by atoms with Crippen LogP contribution < -0.4 is 0 Å². The van der Waals surface area contributed by atoms with Gasteiger partial charge < -0.3 is 19.1 Å². The number of carbonyl (C=O) groups excluding carboxylic acids is 1. The molecule has 5 nitrogen and oxygen atoms in total. The second-order valence-electron chi connectivity index (χ2n) is 6.08. The van der Waals surface area contributed by atoms with Crippen LogP contribution in [0.5, 0.6) is 0 Å². The third kappa shape index (κ3) is 6.07. The molecule has 0 aliphatic carbocycles. The van der Waals surface area contributed by atoms with Crippen molar-refractivity contribution in [2.24, 2.45) is 5.92 Å².